The highest BCUT2D eigenvalue weighted by Gasteiger charge is 2.34. The molecule has 0 bridgehead atoms. The minimum absolute atomic E-state index is 0.305. The van der Waals surface area contributed by atoms with Gasteiger partial charge >= 0.3 is 10.2 Å². The quantitative estimate of drug-likeness (QED) is 0.519. The number of hydrogen-bond donors (Lipinski definition) is 1. The highest BCUT2D eigenvalue weighted by Crippen LogP contribution is 2.39. The maximum absolute atomic E-state index is 13.6. The summed E-state index contributed by atoms with van der Waals surface area (Å²) in [4.78, 5) is 0. The Labute approximate surface area is 201 Å². The van der Waals surface area contributed by atoms with Crippen molar-refractivity contribution in [3.8, 4) is 0 Å². The van der Waals surface area contributed by atoms with E-state index < -0.39 is 16.2 Å². The van der Waals surface area contributed by atoms with Crippen LogP contribution in [0.2, 0.25) is 0 Å². The van der Waals surface area contributed by atoms with Crippen LogP contribution >= 0.6 is 0 Å². The maximum atomic E-state index is 13.6. The zero-order chi connectivity index (χ0) is 24.0. The number of benzene rings is 1. The van der Waals surface area contributed by atoms with Crippen LogP contribution in [0.5, 0.6) is 0 Å². The smallest absolute Gasteiger partial charge is 0.345 e. The lowest BCUT2D eigenvalue weighted by atomic mass is 9.99. The molecule has 0 radical (unpaired) electrons. The second-order valence-electron chi connectivity index (χ2n) is 9.71. The fraction of sp³-hybridized carbons (Fsp3) is 0.560. The van der Waals surface area contributed by atoms with Crippen LogP contribution in [0.1, 0.15) is 59.2 Å². The Bertz CT molecular complexity index is 1210. The molecule has 2 aromatic rings. The van der Waals surface area contributed by atoms with E-state index >= 15 is 0 Å². The first-order valence-electron chi connectivity index (χ1n) is 12.2. The number of fused-ring (bicyclic) bond motifs is 2. The van der Waals surface area contributed by atoms with Crippen molar-refractivity contribution in [1.82, 2.24) is 4.57 Å². The Hall–Kier alpha value is -2.52. The number of hydrogen-bond acceptors (Lipinski definition) is 4. The summed E-state index contributed by atoms with van der Waals surface area (Å²) in [6.45, 7) is 4.82. The number of aryl methyl sites for hydroxylation is 3. The zero-order valence-electron chi connectivity index (χ0n) is 20.2. The normalized spacial score (nSPS) is 18.7. The number of amidine groups is 1. The molecular formula is C25H33N4O4S-. The van der Waals surface area contributed by atoms with Crippen molar-refractivity contribution in [2.75, 3.05) is 22.8 Å². The van der Waals surface area contributed by atoms with Crippen molar-refractivity contribution in [2.45, 2.75) is 71.3 Å². The van der Waals surface area contributed by atoms with Gasteiger partial charge in [0.2, 0.25) is 0 Å². The summed E-state index contributed by atoms with van der Waals surface area (Å²) in [5.41, 5.74) is 8.07. The highest BCUT2D eigenvalue weighted by atomic mass is 32.2. The Kier molecular flexibility index (Phi) is 6.10. The fourth-order valence-electron chi connectivity index (χ4n) is 5.72. The molecule has 1 aliphatic heterocycles. The first-order valence-corrected chi connectivity index (χ1v) is 13.6. The topological polar surface area (TPSA) is 99.0 Å². The molecule has 0 unspecified atom stereocenters. The number of aromatic nitrogens is 1. The summed E-state index contributed by atoms with van der Waals surface area (Å²) in [5.74, 6) is 0. The Morgan fingerprint density at radius 2 is 1.74 bits per heavy atom. The molecular weight excluding hydrogens is 452 g/mol. The monoisotopic (exact) mass is 485 g/mol. The van der Waals surface area contributed by atoms with Gasteiger partial charge < -0.3 is 19.7 Å². The van der Waals surface area contributed by atoms with Gasteiger partial charge in [0.05, 0.1) is 17.8 Å². The van der Waals surface area contributed by atoms with E-state index in [0.29, 0.717) is 31.7 Å². The maximum Gasteiger partial charge on any atom is 0.345 e. The van der Waals surface area contributed by atoms with E-state index in [4.69, 9.17) is 4.74 Å². The SMILES string of the molecule is Cc1c(N(C2CCOCC2)S(=O)(=O)/N=C(\[O-])Nc2c3c(cc4c2CCC4)CCC3)cn(C)c1C. The number of nitrogens with one attached hydrogen (secondary N) is 1. The van der Waals surface area contributed by atoms with Crippen LogP contribution in [0.4, 0.5) is 11.4 Å². The summed E-state index contributed by atoms with van der Waals surface area (Å²) in [6.07, 6.45) is 8.86. The van der Waals surface area contributed by atoms with E-state index in [-0.39, 0.29) is 6.04 Å². The largest absolute Gasteiger partial charge is 0.845 e. The molecule has 1 saturated heterocycles. The molecule has 1 aromatic carbocycles. The van der Waals surface area contributed by atoms with Crippen molar-refractivity contribution in [3.63, 3.8) is 0 Å². The van der Waals surface area contributed by atoms with Crippen LogP contribution in [0.3, 0.4) is 0 Å². The van der Waals surface area contributed by atoms with Crippen LogP contribution in [0.15, 0.2) is 16.7 Å². The summed E-state index contributed by atoms with van der Waals surface area (Å²) in [6, 6.07) is 1.15. The second-order valence-corrected chi connectivity index (χ2v) is 11.2. The first-order chi connectivity index (χ1) is 16.3. The van der Waals surface area contributed by atoms with E-state index in [1.165, 1.54) is 15.4 Å². The van der Waals surface area contributed by atoms with E-state index in [9.17, 15) is 13.5 Å². The van der Waals surface area contributed by atoms with Crippen molar-refractivity contribution >= 4 is 27.6 Å². The van der Waals surface area contributed by atoms with Gasteiger partial charge in [0.25, 0.3) is 0 Å². The average Bonchev–Trinajstić information content (AvgIpc) is 3.51. The van der Waals surface area contributed by atoms with Crippen LogP contribution in [-0.2, 0) is 47.7 Å². The third-order valence-corrected chi connectivity index (χ3v) is 9.07. The standard InChI is InChI=1S/C25H34N4O4S/c1-16-17(2)28(3)15-23(16)29(20-10-12-33-13-11-20)34(31,32)27-25(30)26-24-21-8-4-6-18(21)14-19-7-5-9-22(19)24/h14-15,20H,4-13H2,1-3H3,(H2,26,27,30)/p-1. The molecule has 2 aliphatic carbocycles. The van der Waals surface area contributed by atoms with Gasteiger partial charge in [-0.05, 0) is 93.0 Å². The van der Waals surface area contributed by atoms with Gasteiger partial charge in [0, 0.05) is 37.8 Å². The number of nitrogens with zero attached hydrogens (tertiary/aromatic N) is 3. The third kappa shape index (κ3) is 4.09. The lowest BCUT2D eigenvalue weighted by molar-refractivity contribution is -0.213. The molecule has 1 N–H and O–H groups in total. The van der Waals surface area contributed by atoms with Crippen molar-refractivity contribution in [1.29, 1.82) is 0 Å². The summed E-state index contributed by atoms with van der Waals surface area (Å²) in [5, 5.41) is 16.0. The van der Waals surface area contributed by atoms with Crippen LogP contribution in [0, 0.1) is 13.8 Å². The van der Waals surface area contributed by atoms with Crippen molar-refractivity contribution in [3.05, 3.63) is 45.8 Å². The number of ether oxygens (including phenoxy) is 1. The Morgan fingerprint density at radius 3 is 2.29 bits per heavy atom. The fourth-order valence-corrected chi connectivity index (χ4v) is 7.09. The molecule has 1 aromatic heterocycles. The molecule has 9 heteroatoms. The van der Waals surface area contributed by atoms with Gasteiger partial charge in [-0.3, -0.25) is 0 Å². The number of anilines is 2. The number of rotatable bonds is 5. The molecule has 1 fully saturated rings. The minimum atomic E-state index is -4.27. The molecule has 3 aliphatic rings. The third-order valence-electron chi connectivity index (χ3n) is 7.68. The highest BCUT2D eigenvalue weighted by molar-refractivity contribution is 7.91. The Balaban J connectivity index is 1.51. The van der Waals surface area contributed by atoms with Gasteiger partial charge in [-0.15, -0.1) is 4.40 Å². The van der Waals surface area contributed by atoms with Gasteiger partial charge in [-0.1, -0.05) is 6.07 Å². The summed E-state index contributed by atoms with van der Waals surface area (Å²) >= 11 is 0. The Morgan fingerprint density at radius 1 is 1.12 bits per heavy atom. The van der Waals surface area contributed by atoms with Crippen LogP contribution < -0.4 is 14.7 Å². The molecule has 5 rings (SSSR count). The molecule has 34 heavy (non-hydrogen) atoms. The van der Waals surface area contributed by atoms with Crippen LogP contribution in [0.25, 0.3) is 0 Å². The van der Waals surface area contributed by atoms with Crippen LogP contribution in [-0.4, -0.2) is 38.3 Å². The molecule has 2 heterocycles. The van der Waals surface area contributed by atoms with E-state index in [1.54, 1.807) is 0 Å². The first kappa shape index (κ1) is 23.2. The van der Waals surface area contributed by atoms with Gasteiger partial charge in [-0.25, -0.2) is 4.31 Å². The second kappa shape index (κ2) is 8.92. The average molecular weight is 486 g/mol. The van der Waals surface area contributed by atoms with Gasteiger partial charge in [-0.2, -0.15) is 8.42 Å². The van der Waals surface area contributed by atoms with Gasteiger partial charge in [0.15, 0.2) is 0 Å². The predicted octanol–water partition coefficient (Wildman–Crippen LogP) is 2.68. The zero-order valence-corrected chi connectivity index (χ0v) is 21.0. The molecule has 0 saturated carbocycles. The van der Waals surface area contributed by atoms with E-state index in [1.807, 2.05) is 31.7 Å². The summed E-state index contributed by atoms with van der Waals surface area (Å²) < 4.78 is 39.7. The lowest BCUT2D eigenvalue weighted by Gasteiger charge is -2.34. The summed E-state index contributed by atoms with van der Waals surface area (Å²) in [7, 11) is -2.38. The van der Waals surface area contributed by atoms with Crippen molar-refractivity contribution < 1.29 is 18.3 Å². The molecule has 0 atom stereocenters. The molecule has 0 amide bonds. The van der Waals surface area contributed by atoms with Gasteiger partial charge in [0.1, 0.15) is 0 Å². The van der Waals surface area contributed by atoms with E-state index in [0.717, 1.165) is 66.6 Å². The predicted molar refractivity (Wildman–Crippen MR) is 132 cm³/mol. The van der Waals surface area contributed by atoms with E-state index in [2.05, 4.69) is 15.8 Å². The molecule has 0 spiro atoms. The molecule has 8 nitrogen and oxygen atoms in total. The minimum Gasteiger partial charge on any atom is -0.845 e. The van der Waals surface area contributed by atoms with Crippen molar-refractivity contribution in [2.24, 2.45) is 11.4 Å². The molecule has 184 valence electrons. The lowest BCUT2D eigenvalue weighted by Crippen LogP contribution is -2.44.